The van der Waals surface area contributed by atoms with E-state index < -0.39 is 0 Å². The molecule has 6 atom stereocenters. The van der Waals surface area contributed by atoms with Crippen LogP contribution in [0.1, 0.15) is 57.1 Å². The highest BCUT2D eigenvalue weighted by atomic mass is 16.6. The maximum Gasteiger partial charge on any atom is 0.119 e. The summed E-state index contributed by atoms with van der Waals surface area (Å²) in [6, 6.07) is 18.1. The Morgan fingerprint density at radius 3 is 1.74 bits per heavy atom. The van der Waals surface area contributed by atoms with Crippen molar-refractivity contribution in [2.24, 2.45) is 23.7 Å². The van der Waals surface area contributed by atoms with Crippen LogP contribution in [0, 0.1) is 23.7 Å². The highest BCUT2D eigenvalue weighted by molar-refractivity contribution is 5.45. The van der Waals surface area contributed by atoms with Gasteiger partial charge in [0.1, 0.15) is 36.9 Å². The van der Waals surface area contributed by atoms with Crippen LogP contribution in [0.5, 0.6) is 11.5 Å². The van der Waals surface area contributed by atoms with E-state index in [0.717, 1.165) is 36.5 Å². The maximum atomic E-state index is 5.97. The summed E-state index contributed by atoms with van der Waals surface area (Å²) in [5.74, 6) is 4.83. The van der Waals surface area contributed by atoms with Gasteiger partial charge in [0.05, 0.1) is 13.2 Å². The van der Waals surface area contributed by atoms with Gasteiger partial charge in [0.15, 0.2) is 0 Å². The summed E-state index contributed by atoms with van der Waals surface area (Å²) in [6.45, 7) is 7.95. The zero-order valence-electron chi connectivity index (χ0n) is 20.6. The first-order chi connectivity index (χ1) is 16.6. The maximum absolute atomic E-state index is 5.97. The molecule has 0 radical (unpaired) electrons. The molecule has 6 unspecified atom stereocenters. The first-order valence-electron chi connectivity index (χ1n) is 13.3. The van der Waals surface area contributed by atoms with Gasteiger partial charge in [-0.05, 0) is 71.9 Å². The molecule has 0 N–H and O–H groups in total. The van der Waals surface area contributed by atoms with Crippen molar-refractivity contribution in [2.45, 2.75) is 63.6 Å². The normalized spacial score (nSPS) is 36.4. The van der Waals surface area contributed by atoms with Crippen molar-refractivity contribution in [3.8, 4) is 11.5 Å². The monoisotopic (exact) mass is 462 g/mol. The van der Waals surface area contributed by atoms with Crippen LogP contribution in [-0.2, 0) is 14.9 Å². The summed E-state index contributed by atoms with van der Waals surface area (Å²) >= 11 is 0. The van der Waals surface area contributed by atoms with E-state index in [1.807, 2.05) is 0 Å². The fourth-order valence-corrected chi connectivity index (χ4v) is 7.04. The smallest absolute Gasteiger partial charge is 0.119 e. The van der Waals surface area contributed by atoms with E-state index in [1.54, 1.807) is 0 Å². The fourth-order valence-electron chi connectivity index (χ4n) is 7.04. The molecule has 0 aromatic heterocycles. The van der Waals surface area contributed by atoms with Gasteiger partial charge in [-0.1, -0.05) is 57.4 Å². The zero-order valence-corrected chi connectivity index (χ0v) is 20.6. The second-order valence-corrected chi connectivity index (χ2v) is 11.2. The number of hydrogen-bond donors (Lipinski definition) is 0. The molecular formula is C30H38O4. The van der Waals surface area contributed by atoms with Crippen molar-refractivity contribution >= 4 is 0 Å². The van der Waals surface area contributed by atoms with Gasteiger partial charge in [-0.25, -0.2) is 0 Å². The van der Waals surface area contributed by atoms with Crippen LogP contribution >= 0.6 is 0 Å². The number of ether oxygens (including phenoxy) is 4. The van der Waals surface area contributed by atoms with E-state index in [0.29, 0.717) is 25.0 Å². The van der Waals surface area contributed by atoms with E-state index in [4.69, 9.17) is 18.9 Å². The number of rotatable bonds is 8. The standard InChI is InChI=1S/C30H38O4/c1-20-5-6-21(2)29-28(20)4-3-15-30(29,22-7-11-24(12-8-22)31-16-26-18-33-26)23-9-13-25(14-10-23)32-17-27-19-34-27/h7-14,20-21,26-29H,3-6,15-19H2,1-2H3. The Bertz CT molecular complexity index is 901. The molecule has 2 aromatic carbocycles. The molecule has 0 spiro atoms. The molecule has 2 aliphatic carbocycles. The Balaban J connectivity index is 1.35. The quantitative estimate of drug-likeness (QED) is 0.451. The van der Waals surface area contributed by atoms with Crippen molar-refractivity contribution in [3.63, 3.8) is 0 Å². The number of fused-ring (bicyclic) bond motifs is 1. The van der Waals surface area contributed by atoms with Gasteiger partial charge in [0.25, 0.3) is 0 Å². The molecule has 4 heteroatoms. The predicted molar refractivity (Wildman–Crippen MR) is 133 cm³/mol. The minimum absolute atomic E-state index is 0.0350. The third-order valence-corrected chi connectivity index (χ3v) is 8.98. The molecule has 34 heavy (non-hydrogen) atoms. The molecule has 2 aliphatic heterocycles. The largest absolute Gasteiger partial charge is 0.491 e. The van der Waals surface area contributed by atoms with Crippen molar-refractivity contribution in [1.82, 2.24) is 0 Å². The third kappa shape index (κ3) is 4.35. The number of epoxide rings is 2. The summed E-state index contributed by atoms with van der Waals surface area (Å²) < 4.78 is 22.6. The van der Waals surface area contributed by atoms with E-state index in [1.165, 1.54) is 43.2 Å². The van der Waals surface area contributed by atoms with Crippen LogP contribution in [0.4, 0.5) is 0 Å². The molecule has 2 heterocycles. The van der Waals surface area contributed by atoms with Gasteiger partial charge in [0.2, 0.25) is 0 Å². The van der Waals surface area contributed by atoms with Crippen LogP contribution in [0.3, 0.4) is 0 Å². The lowest BCUT2D eigenvalue weighted by Gasteiger charge is -2.56. The second-order valence-electron chi connectivity index (χ2n) is 11.2. The van der Waals surface area contributed by atoms with Crippen LogP contribution < -0.4 is 9.47 Å². The molecule has 2 saturated carbocycles. The van der Waals surface area contributed by atoms with E-state index in [9.17, 15) is 0 Å². The van der Waals surface area contributed by atoms with Gasteiger partial charge >= 0.3 is 0 Å². The lowest BCUT2D eigenvalue weighted by Crippen LogP contribution is -2.50. The SMILES string of the molecule is CC1CCC(C)C2C1CCCC2(c1ccc(OCC2CO2)cc1)c1ccc(OCC2CO2)cc1. The number of hydrogen-bond acceptors (Lipinski definition) is 4. The molecule has 6 rings (SSSR count). The van der Waals surface area contributed by atoms with Gasteiger partial charge in [0, 0.05) is 5.41 Å². The summed E-state index contributed by atoms with van der Waals surface area (Å²) in [6.07, 6.45) is 7.11. The Morgan fingerprint density at radius 2 is 1.24 bits per heavy atom. The first kappa shape index (κ1) is 22.4. The van der Waals surface area contributed by atoms with Crippen LogP contribution in [-0.4, -0.2) is 38.6 Å². The highest BCUT2D eigenvalue weighted by Crippen LogP contribution is 2.58. The minimum Gasteiger partial charge on any atom is -0.491 e. The fraction of sp³-hybridized carbons (Fsp3) is 0.600. The molecular weight excluding hydrogens is 424 g/mol. The summed E-state index contributed by atoms with van der Waals surface area (Å²) in [4.78, 5) is 0. The molecule has 0 amide bonds. The Labute approximate surface area is 203 Å². The molecule has 0 bridgehead atoms. The number of benzene rings is 2. The average Bonchev–Trinajstić information content (AvgIpc) is 3.79. The van der Waals surface area contributed by atoms with Crippen molar-refractivity contribution in [1.29, 1.82) is 0 Å². The second kappa shape index (κ2) is 9.20. The lowest BCUT2D eigenvalue weighted by atomic mass is 9.48. The van der Waals surface area contributed by atoms with Gasteiger partial charge in [-0.2, -0.15) is 0 Å². The Morgan fingerprint density at radius 1 is 0.735 bits per heavy atom. The van der Waals surface area contributed by atoms with Gasteiger partial charge in [-0.3, -0.25) is 0 Å². The Hall–Kier alpha value is -2.04. The molecule has 4 nitrogen and oxygen atoms in total. The minimum atomic E-state index is 0.0350. The topological polar surface area (TPSA) is 43.5 Å². The molecule has 4 fully saturated rings. The predicted octanol–water partition coefficient (Wildman–Crippen LogP) is 6.01. The van der Waals surface area contributed by atoms with Crippen LogP contribution in [0.25, 0.3) is 0 Å². The van der Waals surface area contributed by atoms with Gasteiger partial charge < -0.3 is 18.9 Å². The van der Waals surface area contributed by atoms with Crippen molar-refractivity contribution < 1.29 is 18.9 Å². The van der Waals surface area contributed by atoms with Crippen LogP contribution in [0.15, 0.2) is 48.5 Å². The third-order valence-electron chi connectivity index (χ3n) is 8.98. The Kier molecular flexibility index (Phi) is 6.07. The molecule has 2 saturated heterocycles. The first-order valence-corrected chi connectivity index (χ1v) is 13.3. The molecule has 182 valence electrons. The van der Waals surface area contributed by atoms with Crippen molar-refractivity contribution in [2.75, 3.05) is 26.4 Å². The van der Waals surface area contributed by atoms with E-state index in [2.05, 4.69) is 62.4 Å². The van der Waals surface area contributed by atoms with E-state index >= 15 is 0 Å². The highest BCUT2D eigenvalue weighted by Gasteiger charge is 2.52. The zero-order chi connectivity index (χ0) is 23.1. The summed E-state index contributed by atoms with van der Waals surface area (Å²) in [5.41, 5.74) is 2.92. The summed E-state index contributed by atoms with van der Waals surface area (Å²) in [5, 5.41) is 0. The lowest BCUT2D eigenvalue weighted by molar-refractivity contribution is 0.0145. The average molecular weight is 463 g/mol. The van der Waals surface area contributed by atoms with Crippen molar-refractivity contribution in [3.05, 3.63) is 59.7 Å². The van der Waals surface area contributed by atoms with Crippen LogP contribution in [0.2, 0.25) is 0 Å². The molecule has 2 aromatic rings. The molecule has 4 aliphatic rings. The van der Waals surface area contributed by atoms with Gasteiger partial charge in [-0.15, -0.1) is 0 Å². The van der Waals surface area contributed by atoms with E-state index in [-0.39, 0.29) is 17.6 Å². The summed E-state index contributed by atoms with van der Waals surface area (Å²) in [7, 11) is 0.